The van der Waals surface area contributed by atoms with Gasteiger partial charge in [0.1, 0.15) is 0 Å². The Bertz CT molecular complexity index is 3030. The number of para-hydroxylation sites is 1. The quantitative estimate of drug-likeness (QED) is 0.137. The number of allylic oxidation sites excluding steroid dienone is 6. The SMILES string of the molecule is C.C.[2H]C1=C([2H])C([2H])C([2H])C(N(c2ccc(-c3ccccc3)cc2)c2ccc(-c3cccc(C4=CCC(N(c5ccc(-c6ccccc6)cc5)c5c([2H])c([2H])c([2H])c([2H])c5[2H])C=C4)c3)cc2)=C1[2H]. The van der Waals surface area contributed by atoms with Gasteiger partial charge in [-0.25, -0.2) is 0 Å². The first-order valence-corrected chi connectivity index (χ1v) is 18.7. The van der Waals surface area contributed by atoms with E-state index in [1.54, 1.807) is 4.90 Å². The van der Waals surface area contributed by atoms with Gasteiger partial charge in [0.25, 0.3) is 0 Å². The van der Waals surface area contributed by atoms with Crippen LogP contribution in [0.4, 0.5) is 22.7 Å². The number of benzene rings is 7. The highest BCUT2D eigenvalue weighted by molar-refractivity contribution is 5.81. The summed E-state index contributed by atoms with van der Waals surface area (Å²) in [5, 5.41) is 0. The van der Waals surface area contributed by atoms with Gasteiger partial charge in [-0.3, -0.25) is 0 Å². The molecule has 0 fully saturated rings. The topological polar surface area (TPSA) is 6.48 Å². The first kappa shape index (κ1) is 28.5. The zero-order valence-corrected chi connectivity index (χ0v) is 30.6. The summed E-state index contributed by atoms with van der Waals surface area (Å²) < 4.78 is 86.3. The molecule has 0 spiro atoms. The molecule has 0 amide bonds. The molecule has 0 saturated carbocycles. The maximum Gasteiger partial charge on any atom is 0.0645 e. The summed E-state index contributed by atoms with van der Waals surface area (Å²) in [6.45, 7) is 0. The van der Waals surface area contributed by atoms with Gasteiger partial charge in [-0.05, 0) is 124 Å². The monoisotopic (exact) mass is 762 g/mol. The molecule has 0 aromatic heterocycles. The Morgan fingerprint density at radius 3 is 1.60 bits per heavy atom. The second-order valence-corrected chi connectivity index (χ2v) is 13.6. The minimum atomic E-state index is -1.31. The highest BCUT2D eigenvalue weighted by Crippen LogP contribution is 2.38. The summed E-state index contributed by atoms with van der Waals surface area (Å²) in [6, 6.07) is 48.4. The van der Waals surface area contributed by atoms with Crippen molar-refractivity contribution in [3.05, 3.63) is 236 Å². The lowest BCUT2D eigenvalue weighted by Gasteiger charge is -2.33. The van der Waals surface area contributed by atoms with Crippen LogP contribution in [0.15, 0.2) is 230 Å². The fourth-order valence-electron chi connectivity index (χ4n) is 7.29. The van der Waals surface area contributed by atoms with E-state index in [-0.39, 0.29) is 74.6 Å². The molecule has 286 valence electrons. The molecule has 0 saturated heterocycles. The summed E-state index contributed by atoms with van der Waals surface area (Å²) in [6.07, 6.45) is 4.07. The highest BCUT2D eigenvalue weighted by atomic mass is 15.2. The first-order chi connectivity index (χ1) is 31.9. The van der Waals surface area contributed by atoms with Gasteiger partial charge in [0.15, 0.2) is 0 Å². The average Bonchev–Trinajstić information content (AvgIpc) is 3.37. The van der Waals surface area contributed by atoms with Crippen molar-refractivity contribution in [3.8, 4) is 33.4 Å². The Hall–Kier alpha value is -6.90. The Morgan fingerprint density at radius 2 is 1.03 bits per heavy atom. The molecular weight excluding hydrogens is 701 g/mol. The van der Waals surface area contributed by atoms with Gasteiger partial charge in [0, 0.05) is 31.2 Å². The van der Waals surface area contributed by atoms with Crippen LogP contribution in [0.25, 0.3) is 39.0 Å². The fraction of sp³-hybridized carbons (Fsp3) is 0.107. The molecule has 9 rings (SSSR count). The summed E-state index contributed by atoms with van der Waals surface area (Å²) in [5.74, 6) is 0. The molecule has 7 aromatic rings. The van der Waals surface area contributed by atoms with Crippen molar-refractivity contribution >= 4 is 28.3 Å². The lowest BCUT2D eigenvalue weighted by atomic mass is 9.93. The van der Waals surface area contributed by atoms with E-state index in [1.807, 2.05) is 169 Å². The molecular formula is C56H52N2. The Kier molecular flexibility index (Phi) is 9.02. The predicted octanol–water partition coefficient (Wildman–Crippen LogP) is 15.9. The first-order valence-electron chi connectivity index (χ1n) is 23.9. The van der Waals surface area contributed by atoms with Crippen molar-refractivity contribution in [2.24, 2.45) is 0 Å². The lowest BCUT2D eigenvalue weighted by molar-refractivity contribution is 0.787. The number of nitrogens with zero attached hydrogens (tertiary/aromatic N) is 2. The second kappa shape index (κ2) is 18.4. The van der Waals surface area contributed by atoms with Crippen LogP contribution in [0.1, 0.15) is 53.3 Å². The van der Waals surface area contributed by atoms with Crippen LogP contribution >= 0.6 is 0 Å². The molecule has 3 atom stereocenters. The van der Waals surface area contributed by atoms with Gasteiger partial charge in [-0.2, -0.15) is 0 Å². The van der Waals surface area contributed by atoms with Crippen molar-refractivity contribution < 1.29 is 13.7 Å². The van der Waals surface area contributed by atoms with Crippen molar-refractivity contribution in [2.75, 3.05) is 9.80 Å². The van der Waals surface area contributed by atoms with E-state index in [4.69, 9.17) is 13.7 Å². The number of hydrogen-bond donors (Lipinski definition) is 0. The van der Waals surface area contributed by atoms with Crippen LogP contribution in [0.3, 0.4) is 0 Å². The summed E-state index contributed by atoms with van der Waals surface area (Å²) in [5.41, 5.74) is 10.2. The zero-order chi connectivity index (χ0) is 46.2. The third kappa shape index (κ3) is 8.57. The predicted molar refractivity (Wildman–Crippen MR) is 252 cm³/mol. The number of hydrogen-bond acceptors (Lipinski definition) is 2. The van der Waals surface area contributed by atoms with Crippen LogP contribution in [-0.2, 0) is 0 Å². The molecule has 2 heteroatoms. The standard InChI is InChI=1S/C54H44N2.2CH4/c1-5-14-41(15-6-1)43-24-32-51(33-25-43)55(49-20-9-3-10-21-49)53-36-28-45(29-37-53)47-18-13-19-48(40-47)46-30-38-54(39-31-46)56(50-22-11-4-12-23-50)52-34-26-44(27-35-52)42-16-7-2-8-17-42;;/h1-11,13-22,24-36,38-40,53H,12,23,37H2;2*1H4/i3D,4D,9D,10D,11D,12D,20D,21D,22D,23D;;. The second-order valence-electron chi connectivity index (χ2n) is 13.6. The molecule has 2 aliphatic rings. The lowest BCUT2D eigenvalue weighted by Crippen LogP contribution is -2.30. The largest absolute Gasteiger partial charge is 0.334 e. The van der Waals surface area contributed by atoms with E-state index in [0.717, 1.165) is 44.5 Å². The smallest absolute Gasteiger partial charge is 0.0645 e. The van der Waals surface area contributed by atoms with Gasteiger partial charge in [-0.15, -0.1) is 0 Å². The maximum atomic E-state index is 9.00. The van der Waals surface area contributed by atoms with E-state index < -0.39 is 18.8 Å². The fourth-order valence-corrected chi connectivity index (χ4v) is 7.29. The van der Waals surface area contributed by atoms with Gasteiger partial charge in [0.2, 0.25) is 0 Å². The molecule has 3 unspecified atom stereocenters. The minimum Gasteiger partial charge on any atom is -0.334 e. The van der Waals surface area contributed by atoms with Gasteiger partial charge in [-0.1, -0.05) is 179 Å². The molecule has 58 heavy (non-hydrogen) atoms. The van der Waals surface area contributed by atoms with Crippen LogP contribution in [-0.4, -0.2) is 6.04 Å². The molecule has 0 heterocycles. The molecule has 0 bridgehead atoms. The minimum absolute atomic E-state index is 0. The van der Waals surface area contributed by atoms with Crippen molar-refractivity contribution in [3.63, 3.8) is 0 Å². The van der Waals surface area contributed by atoms with Gasteiger partial charge < -0.3 is 9.80 Å². The number of anilines is 4. The highest BCUT2D eigenvalue weighted by Gasteiger charge is 2.21. The van der Waals surface area contributed by atoms with Crippen molar-refractivity contribution in [2.45, 2.75) is 40.1 Å². The summed E-state index contributed by atoms with van der Waals surface area (Å²) >= 11 is 0. The third-order valence-corrected chi connectivity index (χ3v) is 10.1. The zero-order valence-electron chi connectivity index (χ0n) is 40.6. The summed E-state index contributed by atoms with van der Waals surface area (Å²) in [7, 11) is 0. The molecule has 0 aliphatic heterocycles. The van der Waals surface area contributed by atoms with Crippen molar-refractivity contribution in [1.29, 1.82) is 0 Å². The van der Waals surface area contributed by atoms with Gasteiger partial charge >= 0.3 is 0 Å². The van der Waals surface area contributed by atoms with Crippen LogP contribution in [0.2, 0.25) is 0 Å². The van der Waals surface area contributed by atoms with E-state index >= 15 is 0 Å². The van der Waals surface area contributed by atoms with E-state index in [0.29, 0.717) is 23.5 Å². The maximum absolute atomic E-state index is 9.00. The number of rotatable bonds is 10. The van der Waals surface area contributed by atoms with Crippen molar-refractivity contribution in [1.82, 2.24) is 0 Å². The van der Waals surface area contributed by atoms with E-state index in [1.165, 1.54) is 0 Å². The summed E-state index contributed by atoms with van der Waals surface area (Å²) in [4.78, 5) is 3.60. The molecule has 0 N–H and O–H groups in total. The third-order valence-electron chi connectivity index (χ3n) is 10.1. The average molecular weight is 763 g/mol. The molecule has 7 aromatic carbocycles. The van der Waals surface area contributed by atoms with Gasteiger partial charge in [0.05, 0.1) is 17.0 Å². The Morgan fingerprint density at radius 1 is 0.517 bits per heavy atom. The van der Waals surface area contributed by atoms with Crippen LogP contribution < -0.4 is 9.80 Å². The van der Waals surface area contributed by atoms with Crippen LogP contribution in [0, 0.1) is 0 Å². The molecule has 2 aliphatic carbocycles. The van der Waals surface area contributed by atoms with E-state index in [2.05, 4.69) is 12.1 Å². The molecule has 0 radical (unpaired) electrons. The Labute approximate surface area is 360 Å². The van der Waals surface area contributed by atoms with E-state index in [9.17, 15) is 0 Å². The Balaban J connectivity index is 0.00000342. The van der Waals surface area contributed by atoms with Crippen LogP contribution in [0.5, 0.6) is 0 Å². The normalized spacial score (nSPS) is 19.8. The molecule has 2 nitrogen and oxygen atoms in total.